The lowest BCUT2D eigenvalue weighted by atomic mass is 9.73. The molecule has 0 spiro atoms. The Morgan fingerprint density at radius 3 is 2.71 bits per heavy atom. The molecular formula is C16H22O. The average Bonchev–Trinajstić information content (AvgIpc) is 2.28. The number of methoxy groups -OCH3 is 1. The summed E-state index contributed by atoms with van der Waals surface area (Å²) in [5.41, 5.74) is 3.24. The molecule has 1 aromatic rings. The van der Waals surface area contributed by atoms with Crippen molar-refractivity contribution in [2.75, 3.05) is 7.11 Å². The number of allylic oxidation sites excluding steroid dienone is 2. The molecule has 1 heteroatoms. The predicted octanol–water partition coefficient (Wildman–Crippen LogP) is 4.55. The van der Waals surface area contributed by atoms with Crippen LogP contribution < -0.4 is 4.74 Å². The van der Waals surface area contributed by atoms with Crippen molar-refractivity contribution in [2.24, 2.45) is 5.41 Å². The zero-order chi connectivity index (χ0) is 12.5. The van der Waals surface area contributed by atoms with Crippen LogP contribution in [0.15, 0.2) is 35.9 Å². The predicted molar refractivity (Wildman–Crippen MR) is 72.5 cm³/mol. The molecule has 0 amide bonds. The van der Waals surface area contributed by atoms with E-state index in [0.29, 0.717) is 11.3 Å². The summed E-state index contributed by atoms with van der Waals surface area (Å²) in [4.78, 5) is 0. The lowest BCUT2D eigenvalue weighted by molar-refractivity contribution is 0.378. The van der Waals surface area contributed by atoms with Crippen LogP contribution in [0.2, 0.25) is 0 Å². The fourth-order valence-electron chi connectivity index (χ4n) is 2.82. The van der Waals surface area contributed by atoms with Gasteiger partial charge in [-0.1, -0.05) is 37.6 Å². The third kappa shape index (κ3) is 2.71. The maximum Gasteiger partial charge on any atom is 0.119 e. The van der Waals surface area contributed by atoms with Crippen molar-refractivity contribution in [3.63, 3.8) is 0 Å². The summed E-state index contributed by atoms with van der Waals surface area (Å²) in [5, 5.41) is 0. The van der Waals surface area contributed by atoms with E-state index in [4.69, 9.17) is 4.74 Å². The lowest BCUT2D eigenvalue weighted by Gasteiger charge is -2.32. The van der Waals surface area contributed by atoms with Gasteiger partial charge in [0.1, 0.15) is 5.75 Å². The van der Waals surface area contributed by atoms with Gasteiger partial charge >= 0.3 is 0 Å². The summed E-state index contributed by atoms with van der Waals surface area (Å²) >= 11 is 0. The number of rotatable bonds is 2. The van der Waals surface area contributed by atoms with Gasteiger partial charge < -0.3 is 4.74 Å². The monoisotopic (exact) mass is 230 g/mol. The average molecular weight is 230 g/mol. The van der Waals surface area contributed by atoms with Crippen LogP contribution in [0.5, 0.6) is 5.75 Å². The van der Waals surface area contributed by atoms with Crippen LogP contribution in [0.3, 0.4) is 0 Å². The summed E-state index contributed by atoms with van der Waals surface area (Å²) in [6.07, 6.45) is 4.93. The summed E-state index contributed by atoms with van der Waals surface area (Å²) in [7, 11) is 1.73. The zero-order valence-electron chi connectivity index (χ0n) is 11.3. The summed E-state index contributed by atoms with van der Waals surface area (Å²) in [5.74, 6) is 1.53. The molecule has 0 heterocycles. The number of hydrogen-bond donors (Lipinski definition) is 0. The van der Waals surface area contributed by atoms with Crippen molar-refractivity contribution >= 4 is 0 Å². The Labute approximate surface area is 104 Å². The van der Waals surface area contributed by atoms with E-state index >= 15 is 0 Å². The first kappa shape index (κ1) is 12.2. The van der Waals surface area contributed by atoms with Gasteiger partial charge in [0.25, 0.3) is 0 Å². The zero-order valence-corrected chi connectivity index (χ0v) is 11.3. The maximum atomic E-state index is 5.30. The molecule has 0 aromatic heterocycles. The van der Waals surface area contributed by atoms with E-state index < -0.39 is 0 Å². The Balaban J connectivity index is 2.29. The van der Waals surface area contributed by atoms with Gasteiger partial charge in [-0.2, -0.15) is 0 Å². The normalized spacial score (nSPS) is 23.1. The SMILES string of the molecule is COc1cccc(C2CCC(C)(C)C=C2C)c1. The molecule has 0 aliphatic heterocycles. The van der Waals surface area contributed by atoms with E-state index in [2.05, 4.69) is 45.0 Å². The van der Waals surface area contributed by atoms with Crippen molar-refractivity contribution in [2.45, 2.75) is 39.5 Å². The molecule has 1 atom stereocenters. The van der Waals surface area contributed by atoms with Gasteiger partial charge in [0.05, 0.1) is 7.11 Å². The van der Waals surface area contributed by atoms with Gasteiger partial charge in [-0.3, -0.25) is 0 Å². The van der Waals surface area contributed by atoms with Crippen molar-refractivity contribution in [3.05, 3.63) is 41.5 Å². The summed E-state index contributed by atoms with van der Waals surface area (Å²) in [6, 6.07) is 8.47. The quantitative estimate of drug-likeness (QED) is 0.677. The molecule has 1 nitrogen and oxygen atoms in total. The number of benzene rings is 1. The minimum absolute atomic E-state index is 0.361. The Bertz CT molecular complexity index is 429. The molecule has 2 rings (SSSR count). The molecule has 1 aromatic carbocycles. The molecule has 1 aliphatic carbocycles. The minimum atomic E-state index is 0.361. The molecule has 1 aliphatic rings. The van der Waals surface area contributed by atoms with Crippen LogP contribution in [0.25, 0.3) is 0 Å². The molecule has 0 N–H and O–H groups in total. The third-order valence-corrected chi connectivity index (χ3v) is 3.74. The number of ether oxygens (including phenoxy) is 1. The first-order valence-corrected chi connectivity index (χ1v) is 6.35. The van der Waals surface area contributed by atoms with E-state index in [1.54, 1.807) is 7.11 Å². The second-order valence-corrected chi connectivity index (χ2v) is 5.74. The van der Waals surface area contributed by atoms with Gasteiger partial charge in [-0.25, -0.2) is 0 Å². The molecule has 0 bridgehead atoms. The van der Waals surface area contributed by atoms with E-state index in [1.165, 1.54) is 24.0 Å². The summed E-state index contributed by atoms with van der Waals surface area (Å²) in [6.45, 7) is 6.89. The minimum Gasteiger partial charge on any atom is -0.497 e. The van der Waals surface area contributed by atoms with Gasteiger partial charge in [-0.05, 0) is 42.9 Å². The smallest absolute Gasteiger partial charge is 0.119 e. The molecule has 92 valence electrons. The van der Waals surface area contributed by atoms with Crippen LogP contribution in [-0.4, -0.2) is 7.11 Å². The van der Waals surface area contributed by atoms with E-state index in [-0.39, 0.29) is 0 Å². The second-order valence-electron chi connectivity index (χ2n) is 5.74. The largest absolute Gasteiger partial charge is 0.497 e. The van der Waals surface area contributed by atoms with Gasteiger partial charge in [-0.15, -0.1) is 0 Å². The Kier molecular flexibility index (Phi) is 3.28. The van der Waals surface area contributed by atoms with E-state index in [1.807, 2.05) is 6.07 Å². The fourth-order valence-corrected chi connectivity index (χ4v) is 2.82. The van der Waals surface area contributed by atoms with Crippen LogP contribution in [-0.2, 0) is 0 Å². The molecule has 0 saturated carbocycles. The standard InChI is InChI=1S/C16H22O/c1-12-11-16(2,3)9-8-15(12)13-6-5-7-14(10-13)17-4/h5-7,10-11,15H,8-9H2,1-4H3. The first-order valence-electron chi connectivity index (χ1n) is 6.35. The molecular weight excluding hydrogens is 208 g/mol. The Morgan fingerprint density at radius 2 is 2.06 bits per heavy atom. The molecule has 1 unspecified atom stereocenters. The van der Waals surface area contributed by atoms with E-state index in [9.17, 15) is 0 Å². The van der Waals surface area contributed by atoms with Crippen molar-refractivity contribution < 1.29 is 4.74 Å². The van der Waals surface area contributed by atoms with Crippen molar-refractivity contribution in [1.29, 1.82) is 0 Å². The van der Waals surface area contributed by atoms with Crippen LogP contribution in [0.4, 0.5) is 0 Å². The van der Waals surface area contributed by atoms with Crippen LogP contribution >= 0.6 is 0 Å². The van der Waals surface area contributed by atoms with Gasteiger partial charge in [0.2, 0.25) is 0 Å². The molecule has 0 fully saturated rings. The Morgan fingerprint density at radius 1 is 1.29 bits per heavy atom. The van der Waals surface area contributed by atoms with Crippen LogP contribution in [0, 0.1) is 5.41 Å². The topological polar surface area (TPSA) is 9.23 Å². The highest BCUT2D eigenvalue weighted by atomic mass is 16.5. The van der Waals surface area contributed by atoms with Crippen molar-refractivity contribution in [1.82, 2.24) is 0 Å². The third-order valence-electron chi connectivity index (χ3n) is 3.74. The maximum absolute atomic E-state index is 5.30. The molecule has 0 saturated heterocycles. The summed E-state index contributed by atoms with van der Waals surface area (Å²) < 4.78 is 5.30. The van der Waals surface area contributed by atoms with E-state index in [0.717, 1.165) is 5.75 Å². The van der Waals surface area contributed by atoms with Gasteiger partial charge in [0.15, 0.2) is 0 Å². The molecule has 0 radical (unpaired) electrons. The highest BCUT2D eigenvalue weighted by molar-refractivity contribution is 5.36. The molecule has 17 heavy (non-hydrogen) atoms. The highest BCUT2D eigenvalue weighted by Gasteiger charge is 2.26. The van der Waals surface area contributed by atoms with Gasteiger partial charge in [0, 0.05) is 5.92 Å². The van der Waals surface area contributed by atoms with Crippen LogP contribution in [0.1, 0.15) is 45.1 Å². The number of hydrogen-bond acceptors (Lipinski definition) is 1. The first-order chi connectivity index (χ1) is 8.02. The highest BCUT2D eigenvalue weighted by Crippen LogP contribution is 2.41. The Hall–Kier alpha value is -1.24. The van der Waals surface area contributed by atoms with Crippen molar-refractivity contribution in [3.8, 4) is 5.75 Å². The second kappa shape index (κ2) is 4.56. The lowest BCUT2D eigenvalue weighted by Crippen LogP contribution is -2.17. The fraction of sp³-hybridized carbons (Fsp3) is 0.500.